The Hall–Kier alpha value is -2.54. The molecule has 1 N–H and O–H groups in total. The van der Waals surface area contributed by atoms with E-state index in [0.29, 0.717) is 24.0 Å². The molecule has 1 aromatic heterocycles. The van der Waals surface area contributed by atoms with Gasteiger partial charge >= 0.3 is 5.97 Å². The van der Waals surface area contributed by atoms with Gasteiger partial charge in [-0.1, -0.05) is 12.1 Å². The average molecular weight is 358 g/mol. The van der Waals surface area contributed by atoms with Gasteiger partial charge in [-0.25, -0.2) is 19.2 Å². The van der Waals surface area contributed by atoms with E-state index in [2.05, 4.69) is 27.2 Å². The Kier molecular flexibility index (Phi) is 5.78. The molecular formula is C19H23FN4O2. The van der Waals surface area contributed by atoms with Crippen molar-refractivity contribution < 1.29 is 13.9 Å². The summed E-state index contributed by atoms with van der Waals surface area (Å²) in [7, 11) is 3.43. The number of carbonyl (C=O) groups excluding carboxylic acids is 1. The van der Waals surface area contributed by atoms with Crippen LogP contribution in [0.3, 0.4) is 0 Å². The summed E-state index contributed by atoms with van der Waals surface area (Å²) >= 11 is 0. The van der Waals surface area contributed by atoms with E-state index < -0.39 is 5.97 Å². The number of likely N-dealkylation sites (tertiary alicyclic amines) is 1. The van der Waals surface area contributed by atoms with Crippen molar-refractivity contribution in [2.75, 3.05) is 32.6 Å². The average Bonchev–Trinajstić information content (AvgIpc) is 2.66. The molecule has 0 saturated carbocycles. The second kappa shape index (κ2) is 8.23. The van der Waals surface area contributed by atoms with E-state index in [1.54, 1.807) is 12.1 Å². The van der Waals surface area contributed by atoms with Crippen molar-refractivity contribution in [1.82, 2.24) is 14.9 Å². The molecule has 1 fully saturated rings. The molecule has 1 saturated heterocycles. The third-order valence-corrected chi connectivity index (χ3v) is 4.58. The molecule has 0 atom stereocenters. The highest BCUT2D eigenvalue weighted by Crippen LogP contribution is 2.20. The number of hydrogen-bond acceptors (Lipinski definition) is 6. The predicted octanol–water partition coefficient (Wildman–Crippen LogP) is 2.50. The number of benzene rings is 1. The van der Waals surface area contributed by atoms with Gasteiger partial charge in [-0.05, 0) is 50.7 Å². The van der Waals surface area contributed by atoms with Crippen molar-refractivity contribution in [3.05, 3.63) is 53.2 Å². The topological polar surface area (TPSA) is 67.3 Å². The van der Waals surface area contributed by atoms with Gasteiger partial charge in [0.25, 0.3) is 0 Å². The Bertz CT molecular complexity index is 759. The van der Waals surface area contributed by atoms with E-state index in [1.165, 1.54) is 25.4 Å². The number of anilines is 1. The van der Waals surface area contributed by atoms with Gasteiger partial charge in [0.05, 0.1) is 19.0 Å². The molecule has 138 valence electrons. The smallest absolute Gasteiger partial charge is 0.358 e. The van der Waals surface area contributed by atoms with Crippen LogP contribution in [0.4, 0.5) is 10.2 Å². The van der Waals surface area contributed by atoms with Crippen molar-refractivity contribution in [3.63, 3.8) is 0 Å². The van der Waals surface area contributed by atoms with Crippen LogP contribution in [-0.4, -0.2) is 54.1 Å². The Morgan fingerprint density at radius 2 is 2.00 bits per heavy atom. The first-order chi connectivity index (χ1) is 12.5. The molecule has 1 aliphatic heterocycles. The lowest BCUT2D eigenvalue weighted by Crippen LogP contribution is -2.37. The fourth-order valence-corrected chi connectivity index (χ4v) is 3.02. The number of halogens is 1. The molecule has 2 heterocycles. The van der Waals surface area contributed by atoms with Crippen LogP contribution < -0.4 is 5.32 Å². The first kappa shape index (κ1) is 18.3. The van der Waals surface area contributed by atoms with E-state index in [4.69, 9.17) is 4.74 Å². The maximum atomic E-state index is 13.2. The maximum Gasteiger partial charge on any atom is 0.358 e. The van der Waals surface area contributed by atoms with E-state index in [-0.39, 0.29) is 11.5 Å². The van der Waals surface area contributed by atoms with E-state index >= 15 is 0 Å². The van der Waals surface area contributed by atoms with Crippen molar-refractivity contribution in [1.29, 1.82) is 0 Å². The summed E-state index contributed by atoms with van der Waals surface area (Å²) in [4.78, 5) is 22.9. The summed E-state index contributed by atoms with van der Waals surface area (Å²) in [5, 5.41) is 3.46. The molecule has 6 nitrogen and oxygen atoms in total. The van der Waals surface area contributed by atoms with E-state index in [9.17, 15) is 9.18 Å². The molecule has 2 aromatic rings. The van der Waals surface area contributed by atoms with Crippen molar-refractivity contribution >= 4 is 11.8 Å². The third-order valence-electron chi connectivity index (χ3n) is 4.58. The predicted molar refractivity (Wildman–Crippen MR) is 96.7 cm³/mol. The summed E-state index contributed by atoms with van der Waals surface area (Å²) < 4.78 is 17.9. The van der Waals surface area contributed by atoms with Crippen molar-refractivity contribution in [3.8, 4) is 0 Å². The molecule has 0 radical (unpaired) electrons. The SMILES string of the molecule is COC(=O)c1cnc(NC2CCN(C)CC2)c(Cc2ccc(F)cc2)n1. The van der Waals surface area contributed by atoms with Gasteiger partial charge < -0.3 is 15.0 Å². The van der Waals surface area contributed by atoms with Gasteiger partial charge in [-0.2, -0.15) is 0 Å². The number of piperidine rings is 1. The van der Waals surface area contributed by atoms with Crippen molar-refractivity contribution in [2.24, 2.45) is 0 Å². The summed E-state index contributed by atoms with van der Waals surface area (Å²) in [6, 6.07) is 6.56. The highest BCUT2D eigenvalue weighted by Gasteiger charge is 2.20. The number of nitrogens with one attached hydrogen (secondary N) is 1. The molecule has 1 aliphatic rings. The number of esters is 1. The first-order valence-corrected chi connectivity index (χ1v) is 8.69. The van der Waals surface area contributed by atoms with Crippen LogP contribution in [0.15, 0.2) is 30.5 Å². The number of ether oxygens (including phenoxy) is 1. The van der Waals surface area contributed by atoms with Crippen LogP contribution in [0.1, 0.15) is 34.6 Å². The summed E-state index contributed by atoms with van der Waals surface area (Å²) in [5.74, 6) is -0.145. The third kappa shape index (κ3) is 4.54. The summed E-state index contributed by atoms with van der Waals surface area (Å²) in [5.41, 5.74) is 1.71. The Labute approximate surface area is 152 Å². The van der Waals surface area contributed by atoms with Crippen LogP contribution in [0.25, 0.3) is 0 Å². The fourth-order valence-electron chi connectivity index (χ4n) is 3.02. The Balaban J connectivity index is 1.84. The second-order valence-electron chi connectivity index (χ2n) is 6.57. The summed E-state index contributed by atoms with van der Waals surface area (Å²) in [6.07, 6.45) is 3.92. The second-order valence-corrected chi connectivity index (χ2v) is 6.57. The van der Waals surface area contributed by atoms with E-state index in [0.717, 1.165) is 31.5 Å². The van der Waals surface area contributed by atoms with Gasteiger partial charge in [-0.3, -0.25) is 0 Å². The quantitative estimate of drug-likeness (QED) is 0.829. The molecule has 0 aliphatic carbocycles. The lowest BCUT2D eigenvalue weighted by molar-refractivity contribution is 0.0593. The monoisotopic (exact) mass is 358 g/mol. The van der Waals surface area contributed by atoms with Crippen molar-refractivity contribution in [2.45, 2.75) is 25.3 Å². The molecule has 0 amide bonds. The number of aromatic nitrogens is 2. The van der Waals surface area contributed by atoms with Gasteiger partial charge in [0.15, 0.2) is 5.69 Å². The minimum Gasteiger partial charge on any atom is -0.464 e. The molecule has 0 unspecified atom stereocenters. The molecule has 1 aromatic carbocycles. The molecule has 0 bridgehead atoms. The van der Waals surface area contributed by atoms with Crippen LogP contribution in [0.2, 0.25) is 0 Å². The van der Waals surface area contributed by atoms with Gasteiger partial charge in [0.1, 0.15) is 11.6 Å². The fraction of sp³-hybridized carbons (Fsp3) is 0.421. The number of methoxy groups -OCH3 is 1. The minimum absolute atomic E-state index is 0.165. The highest BCUT2D eigenvalue weighted by atomic mass is 19.1. The zero-order valence-corrected chi connectivity index (χ0v) is 15.0. The number of carbonyl (C=O) groups is 1. The standard InChI is InChI=1S/C19H23FN4O2/c1-24-9-7-15(8-10-24)22-18-16(11-13-3-5-14(20)6-4-13)23-17(12-21-18)19(25)26-2/h3-6,12,15H,7-11H2,1-2H3,(H,21,22). The van der Waals surface area contributed by atoms with Crippen LogP contribution >= 0.6 is 0 Å². The van der Waals surface area contributed by atoms with Crippen LogP contribution in [-0.2, 0) is 11.2 Å². The minimum atomic E-state index is -0.524. The molecule has 0 spiro atoms. The number of nitrogens with zero attached hydrogens (tertiary/aromatic N) is 3. The lowest BCUT2D eigenvalue weighted by atomic mass is 10.0. The largest absolute Gasteiger partial charge is 0.464 e. The molecule has 26 heavy (non-hydrogen) atoms. The Morgan fingerprint density at radius 1 is 1.31 bits per heavy atom. The molecule has 7 heteroatoms. The molecular weight excluding hydrogens is 335 g/mol. The van der Waals surface area contributed by atoms with Gasteiger partial charge in [0, 0.05) is 12.5 Å². The lowest BCUT2D eigenvalue weighted by Gasteiger charge is -2.30. The first-order valence-electron chi connectivity index (χ1n) is 8.69. The van der Waals surface area contributed by atoms with E-state index in [1.807, 2.05) is 0 Å². The Morgan fingerprint density at radius 3 is 2.65 bits per heavy atom. The van der Waals surface area contributed by atoms with Gasteiger partial charge in [0.2, 0.25) is 0 Å². The molecule has 3 rings (SSSR count). The van der Waals surface area contributed by atoms with Crippen LogP contribution in [0, 0.1) is 5.82 Å². The summed E-state index contributed by atoms with van der Waals surface area (Å²) in [6.45, 7) is 2.05. The normalized spacial score (nSPS) is 15.7. The highest BCUT2D eigenvalue weighted by molar-refractivity contribution is 5.87. The van der Waals surface area contributed by atoms with Crippen LogP contribution in [0.5, 0.6) is 0 Å². The van der Waals surface area contributed by atoms with Gasteiger partial charge in [-0.15, -0.1) is 0 Å². The zero-order valence-electron chi connectivity index (χ0n) is 15.0. The maximum absolute atomic E-state index is 13.2. The zero-order chi connectivity index (χ0) is 18.5. The number of hydrogen-bond donors (Lipinski definition) is 1. The number of rotatable bonds is 5.